The lowest BCUT2D eigenvalue weighted by molar-refractivity contribution is 0.573. The van der Waals surface area contributed by atoms with Crippen LogP contribution in [-0.4, -0.2) is 11.8 Å². The monoisotopic (exact) mass is 256 g/mol. The molecule has 0 N–H and O–H groups in total. The average Bonchev–Trinajstić information content (AvgIpc) is 2.85. The molecule has 1 fully saturated rings. The van der Waals surface area contributed by atoms with E-state index in [4.69, 9.17) is 0 Å². The van der Waals surface area contributed by atoms with Gasteiger partial charge < -0.3 is 0 Å². The van der Waals surface area contributed by atoms with Gasteiger partial charge in [-0.3, -0.25) is 0 Å². The van der Waals surface area contributed by atoms with Crippen LogP contribution in [0, 0.1) is 0 Å². The van der Waals surface area contributed by atoms with E-state index in [1.54, 1.807) is 19.0 Å². The molecule has 0 nitrogen and oxygen atoms in total. The van der Waals surface area contributed by atoms with Gasteiger partial charge >= 0.3 is 0 Å². The topological polar surface area (TPSA) is 0 Å². The van der Waals surface area contributed by atoms with E-state index in [-0.39, 0.29) is 0 Å². The first-order valence-corrected chi connectivity index (χ1v) is 9.45. The smallest absolute Gasteiger partial charge is 0.0237 e. The first kappa shape index (κ1) is 15.5. The zero-order valence-corrected chi connectivity index (χ0v) is 13.0. The number of hydrogen-bond acceptors (Lipinski definition) is 0. The third kappa shape index (κ3) is 9.06. The summed E-state index contributed by atoms with van der Waals surface area (Å²) in [4.78, 5) is 0. The van der Waals surface area contributed by atoms with Crippen molar-refractivity contribution in [1.82, 2.24) is 0 Å². The molecule has 0 heterocycles. The molecule has 0 aromatic rings. The van der Waals surface area contributed by atoms with Gasteiger partial charge in [0.15, 0.2) is 0 Å². The summed E-state index contributed by atoms with van der Waals surface area (Å²) in [5.41, 5.74) is 1.14. The molecule has 1 saturated carbocycles. The second-order valence-corrected chi connectivity index (χ2v) is 7.49. The molecule has 1 unspecified atom stereocenters. The van der Waals surface area contributed by atoms with Crippen LogP contribution in [0.1, 0.15) is 90.4 Å². The summed E-state index contributed by atoms with van der Waals surface area (Å²) in [6, 6.07) is 0. The first-order valence-electron chi connectivity index (χ1n) is 8.17. The van der Waals surface area contributed by atoms with Gasteiger partial charge in [-0.1, -0.05) is 71.1 Å². The third-order valence-corrected chi connectivity index (χ3v) is 5.87. The van der Waals surface area contributed by atoms with Crippen molar-refractivity contribution in [3.63, 3.8) is 0 Å². The van der Waals surface area contributed by atoms with E-state index in [1.165, 1.54) is 79.2 Å². The molecule has 1 heteroatoms. The predicted molar refractivity (Wildman–Crippen MR) is 82.7 cm³/mol. The van der Waals surface area contributed by atoms with E-state index < -0.39 is 0 Å². The highest BCUT2D eigenvalue weighted by Crippen LogP contribution is 2.34. The maximum Gasteiger partial charge on any atom is -0.0237 e. The first-order chi connectivity index (χ1) is 8.43. The minimum atomic E-state index is 1.14. The zero-order valence-electron chi connectivity index (χ0n) is 12.0. The minimum Gasteiger partial charge on any atom is -0.119 e. The quantitative estimate of drug-likeness (QED) is 0.308. The van der Waals surface area contributed by atoms with Gasteiger partial charge in [-0.05, 0) is 31.1 Å². The van der Waals surface area contributed by atoms with Gasteiger partial charge in [0.05, 0.1) is 0 Å². The predicted octanol–water partition coefficient (Wildman–Crippen LogP) is 6.14. The van der Waals surface area contributed by atoms with Gasteiger partial charge in [0.25, 0.3) is 0 Å². The molecule has 1 aliphatic rings. The van der Waals surface area contributed by atoms with E-state index >= 15 is 0 Å². The summed E-state index contributed by atoms with van der Waals surface area (Å²) in [5.74, 6) is 0. The van der Waals surface area contributed by atoms with Crippen molar-refractivity contribution >= 4 is 8.58 Å². The van der Waals surface area contributed by atoms with E-state index in [2.05, 4.69) is 6.92 Å². The van der Waals surface area contributed by atoms with Gasteiger partial charge in [0.2, 0.25) is 0 Å². The molecule has 1 atom stereocenters. The summed E-state index contributed by atoms with van der Waals surface area (Å²) < 4.78 is 0. The Balaban J connectivity index is 1.69. The molecule has 0 aromatic carbocycles. The van der Waals surface area contributed by atoms with Crippen molar-refractivity contribution in [2.75, 3.05) is 6.16 Å². The van der Waals surface area contributed by atoms with Gasteiger partial charge in [-0.15, -0.1) is 8.58 Å². The van der Waals surface area contributed by atoms with E-state index in [9.17, 15) is 0 Å². The van der Waals surface area contributed by atoms with Gasteiger partial charge in [0, 0.05) is 0 Å². The van der Waals surface area contributed by atoms with Crippen molar-refractivity contribution in [3.8, 4) is 0 Å². The van der Waals surface area contributed by atoms with Crippen LogP contribution in [0.15, 0.2) is 0 Å². The summed E-state index contributed by atoms with van der Waals surface area (Å²) >= 11 is 0. The number of hydrogen-bond donors (Lipinski definition) is 0. The second-order valence-electron chi connectivity index (χ2n) is 5.76. The highest BCUT2D eigenvalue weighted by molar-refractivity contribution is 7.38. The van der Waals surface area contributed by atoms with Crippen LogP contribution in [0.5, 0.6) is 0 Å². The fraction of sp³-hybridized carbons (Fsp3) is 1.00. The fourth-order valence-electron chi connectivity index (χ4n) is 2.87. The second kappa shape index (κ2) is 11.5. The lowest BCUT2D eigenvalue weighted by atomic mass is 10.1. The van der Waals surface area contributed by atoms with E-state index in [1.807, 2.05) is 0 Å². The Kier molecular flexibility index (Phi) is 10.5. The third-order valence-electron chi connectivity index (χ3n) is 4.07. The Bertz CT molecular complexity index is 150. The molecule has 0 saturated heterocycles. The van der Waals surface area contributed by atoms with Gasteiger partial charge in [-0.25, -0.2) is 0 Å². The van der Waals surface area contributed by atoms with E-state index in [0.717, 1.165) is 5.66 Å². The number of unbranched alkanes of at least 4 members (excludes halogenated alkanes) is 8. The maximum atomic E-state index is 2.30. The summed E-state index contributed by atoms with van der Waals surface area (Å²) in [6.45, 7) is 2.30. The van der Waals surface area contributed by atoms with Crippen molar-refractivity contribution in [3.05, 3.63) is 0 Å². The molecule has 0 amide bonds. The Morgan fingerprint density at radius 2 is 1.29 bits per heavy atom. The largest absolute Gasteiger partial charge is 0.119 e. The fourth-order valence-corrected chi connectivity index (χ4v) is 4.55. The molecule has 0 bridgehead atoms. The van der Waals surface area contributed by atoms with Gasteiger partial charge in [0.1, 0.15) is 0 Å². The van der Waals surface area contributed by atoms with Crippen LogP contribution in [0.3, 0.4) is 0 Å². The average molecular weight is 256 g/mol. The normalized spacial score (nSPS) is 17.5. The van der Waals surface area contributed by atoms with Crippen molar-refractivity contribution in [1.29, 1.82) is 0 Å². The SMILES string of the molecule is CCCCCCCCCCCPC1CCCC1. The lowest BCUT2D eigenvalue weighted by Crippen LogP contribution is -1.92. The summed E-state index contributed by atoms with van der Waals surface area (Å²) in [6.07, 6.45) is 21.0. The van der Waals surface area contributed by atoms with Crippen LogP contribution in [0.25, 0.3) is 0 Å². The van der Waals surface area contributed by atoms with Crippen molar-refractivity contribution in [2.24, 2.45) is 0 Å². The molecule has 102 valence electrons. The standard InChI is InChI=1S/C16H33P/c1-2-3-4-5-6-7-8-9-12-15-17-16-13-10-11-14-16/h16-17H,2-15H2,1H3. The van der Waals surface area contributed by atoms with E-state index in [0.29, 0.717) is 0 Å². The van der Waals surface area contributed by atoms with Crippen molar-refractivity contribution < 1.29 is 0 Å². The number of rotatable bonds is 11. The van der Waals surface area contributed by atoms with Crippen LogP contribution in [0.4, 0.5) is 0 Å². The highest BCUT2D eigenvalue weighted by atomic mass is 31.1. The molecular formula is C16H33P. The maximum absolute atomic E-state index is 2.30. The minimum absolute atomic E-state index is 1.14. The van der Waals surface area contributed by atoms with Gasteiger partial charge in [-0.2, -0.15) is 0 Å². The Morgan fingerprint density at radius 3 is 1.88 bits per heavy atom. The molecule has 0 aliphatic heterocycles. The Labute approximate surface area is 111 Å². The molecule has 0 spiro atoms. The highest BCUT2D eigenvalue weighted by Gasteiger charge is 2.13. The summed E-state index contributed by atoms with van der Waals surface area (Å²) in [5, 5.41) is 0. The molecule has 1 aliphatic carbocycles. The van der Waals surface area contributed by atoms with Crippen LogP contribution < -0.4 is 0 Å². The van der Waals surface area contributed by atoms with Crippen LogP contribution in [-0.2, 0) is 0 Å². The summed E-state index contributed by atoms with van der Waals surface area (Å²) in [7, 11) is 1.30. The van der Waals surface area contributed by atoms with Crippen LogP contribution >= 0.6 is 8.58 Å². The molecule has 1 rings (SSSR count). The van der Waals surface area contributed by atoms with Crippen molar-refractivity contribution in [2.45, 2.75) is 96.1 Å². The molecule has 17 heavy (non-hydrogen) atoms. The Hall–Kier alpha value is 0.430. The molecular weight excluding hydrogens is 223 g/mol. The molecule has 0 radical (unpaired) electrons. The lowest BCUT2D eigenvalue weighted by Gasteiger charge is -2.08. The zero-order chi connectivity index (χ0) is 12.2. The molecule has 0 aromatic heterocycles. The van der Waals surface area contributed by atoms with Crippen LogP contribution in [0.2, 0.25) is 0 Å². The Morgan fingerprint density at radius 1 is 0.765 bits per heavy atom.